The molecule has 0 aliphatic heterocycles. The molecule has 0 bridgehead atoms. The van der Waals surface area contributed by atoms with E-state index in [9.17, 15) is 26.8 Å². The SMILES string of the molecule is COc1cc(OC)cc(C(=O)OCC(=O)Nc2ccc(S(=O)(=O)C(F)F)cc2)c1. The molecule has 0 radical (unpaired) electrons. The Morgan fingerprint density at radius 1 is 1.00 bits per heavy atom. The van der Waals surface area contributed by atoms with Crippen molar-refractivity contribution in [3.05, 3.63) is 48.0 Å². The first-order valence-corrected chi connectivity index (χ1v) is 9.54. The Labute approximate surface area is 165 Å². The molecule has 0 spiro atoms. The summed E-state index contributed by atoms with van der Waals surface area (Å²) in [7, 11) is -1.90. The summed E-state index contributed by atoms with van der Waals surface area (Å²) in [6.45, 7) is -0.630. The van der Waals surface area contributed by atoms with Crippen LogP contribution in [0.5, 0.6) is 11.5 Å². The summed E-state index contributed by atoms with van der Waals surface area (Å²) in [5, 5.41) is 2.35. The van der Waals surface area contributed by atoms with Crippen molar-refractivity contribution in [1.82, 2.24) is 0 Å². The number of hydrogen-bond donors (Lipinski definition) is 1. The number of carbonyl (C=O) groups is 2. The van der Waals surface area contributed by atoms with Gasteiger partial charge in [-0.05, 0) is 36.4 Å². The molecule has 0 heterocycles. The van der Waals surface area contributed by atoms with Crippen LogP contribution >= 0.6 is 0 Å². The predicted octanol–water partition coefficient (Wildman–Crippen LogP) is 2.50. The molecule has 29 heavy (non-hydrogen) atoms. The van der Waals surface area contributed by atoms with Gasteiger partial charge in [-0.25, -0.2) is 13.2 Å². The van der Waals surface area contributed by atoms with Crippen LogP contribution in [0.1, 0.15) is 10.4 Å². The molecule has 0 saturated heterocycles. The number of carbonyl (C=O) groups excluding carboxylic acids is 2. The third kappa shape index (κ3) is 5.64. The summed E-state index contributed by atoms with van der Waals surface area (Å²) in [6, 6.07) is 8.53. The van der Waals surface area contributed by atoms with Crippen LogP contribution in [0, 0.1) is 0 Å². The average molecular weight is 429 g/mol. The number of esters is 1. The highest BCUT2D eigenvalue weighted by Crippen LogP contribution is 2.23. The lowest BCUT2D eigenvalue weighted by Gasteiger charge is -2.09. The van der Waals surface area contributed by atoms with Crippen LogP contribution < -0.4 is 14.8 Å². The van der Waals surface area contributed by atoms with Crippen molar-refractivity contribution in [2.45, 2.75) is 10.7 Å². The largest absolute Gasteiger partial charge is 0.497 e. The standard InChI is InChI=1S/C18H17F2NO7S/c1-26-13-7-11(8-14(9-13)27-2)17(23)28-10-16(22)21-12-3-5-15(6-4-12)29(24,25)18(19)20/h3-9,18H,10H2,1-2H3,(H,21,22). The molecule has 2 aromatic rings. The molecule has 2 aromatic carbocycles. The summed E-state index contributed by atoms with van der Waals surface area (Å²) in [5.74, 6) is -4.33. The normalized spacial score (nSPS) is 11.1. The second kappa shape index (κ2) is 9.32. The van der Waals surface area contributed by atoms with Gasteiger partial charge in [-0.3, -0.25) is 4.79 Å². The summed E-state index contributed by atoms with van der Waals surface area (Å²) in [4.78, 5) is 23.4. The number of amides is 1. The van der Waals surface area contributed by atoms with Crippen LogP contribution in [-0.2, 0) is 19.4 Å². The van der Waals surface area contributed by atoms with Crippen molar-refractivity contribution >= 4 is 27.4 Å². The van der Waals surface area contributed by atoms with E-state index in [0.717, 1.165) is 24.3 Å². The second-order valence-electron chi connectivity index (χ2n) is 5.56. The minimum absolute atomic E-state index is 0.107. The molecule has 1 amide bonds. The molecule has 156 valence electrons. The third-order valence-electron chi connectivity index (χ3n) is 3.62. The maximum atomic E-state index is 12.5. The lowest BCUT2D eigenvalue weighted by molar-refractivity contribution is -0.119. The molecule has 11 heteroatoms. The van der Waals surface area contributed by atoms with Crippen molar-refractivity contribution < 1.29 is 41.0 Å². The smallest absolute Gasteiger partial charge is 0.341 e. The van der Waals surface area contributed by atoms with Gasteiger partial charge < -0.3 is 19.5 Å². The summed E-state index contributed by atoms with van der Waals surface area (Å²) < 4.78 is 62.7. The number of hydrogen-bond acceptors (Lipinski definition) is 7. The van der Waals surface area contributed by atoms with E-state index in [4.69, 9.17) is 14.2 Å². The molecule has 0 unspecified atom stereocenters. The van der Waals surface area contributed by atoms with E-state index in [2.05, 4.69) is 5.32 Å². The van der Waals surface area contributed by atoms with E-state index in [1.807, 2.05) is 0 Å². The average Bonchev–Trinajstić information content (AvgIpc) is 2.71. The number of halogens is 2. The quantitative estimate of drug-likeness (QED) is 0.643. The van der Waals surface area contributed by atoms with Gasteiger partial charge in [0.1, 0.15) is 11.5 Å². The third-order valence-corrected chi connectivity index (χ3v) is 5.02. The Morgan fingerprint density at radius 3 is 2.03 bits per heavy atom. The topological polar surface area (TPSA) is 108 Å². The van der Waals surface area contributed by atoms with Gasteiger partial charge in [0.05, 0.1) is 24.7 Å². The Hall–Kier alpha value is -3.21. The first kappa shape index (κ1) is 22.1. The van der Waals surface area contributed by atoms with Gasteiger partial charge in [0.2, 0.25) is 9.84 Å². The monoisotopic (exact) mass is 429 g/mol. The Bertz CT molecular complexity index is 970. The van der Waals surface area contributed by atoms with Crippen LogP contribution in [0.4, 0.5) is 14.5 Å². The summed E-state index contributed by atoms with van der Waals surface area (Å²) >= 11 is 0. The van der Waals surface area contributed by atoms with E-state index in [1.165, 1.54) is 26.4 Å². The zero-order valence-corrected chi connectivity index (χ0v) is 16.2. The Kier molecular flexibility index (Phi) is 7.10. The fourth-order valence-corrected chi connectivity index (χ4v) is 2.89. The molecule has 0 atom stereocenters. The van der Waals surface area contributed by atoms with Crippen molar-refractivity contribution in [2.75, 3.05) is 26.1 Å². The van der Waals surface area contributed by atoms with Gasteiger partial charge in [-0.2, -0.15) is 8.78 Å². The molecule has 0 aromatic heterocycles. The van der Waals surface area contributed by atoms with Crippen molar-refractivity contribution in [1.29, 1.82) is 0 Å². The van der Waals surface area contributed by atoms with E-state index in [-0.39, 0.29) is 11.3 Å². The molecule has 2 rings (SSSR count). The highest BCUT2D eigenvalue weighted by atomic mass is 32.2. The number of rotatable bonds is 8. The van der Waals surface area contributed by atoms with E-state index in [1.54, 1.807) is 6.07 Å². The highest BCUT2D eigenvalue weighted by molar-refractivity contribution is 7.91. The molecule has 0 aliphatic carbocycles. The molecule has 0 fully saturated rings. The molecular weight excluding hydrogens is 412 g/mol. The lowest BCUT2D eigenvalue weighted by atomic mass is 10.2. The fraction of sp³-hybridized carbons (Fsp3) is 0.222. The molecular formula is C18H17F2NO7S. The van der Waals surface area contributed by atoms with Crippen LogP contribution in [0.2, 0.25) is 0 Å². The number of ether oxygens (including phenoxy) is 3. The number of methoxy groups -OCH3 is 2. The fourth-order valence-electron chi connectivity index (χ4n) is 2.17. The lowest BCUT2D eigenvalue weighted by Crippen LogP contribution is -2.21. The highest BCUT2D eigenvalue weighted by Gasteiger charge is 2.26. The maximum Gasteiger partial charge on any atom is 0.341 e. The van der Waals surface area contributed by atoms with E-state index < -0.39 is 39.0 Å². The van der Waals surface area contributed by atoms with Crippen LogP contribution in [0.25, 0.3) is 0 Å². The molecule has 1 N–H and O–H groups in total. The molecule has 0 aliphatic rings. The van der Waals surface area contributed by atoms with E-state index in [0.29, 0.717) is 11.5 Å². The van der Waals surface area contributed by atoms with Gasteiger partial charge in [0, 0.05) is 11.8 Å². The van der Waals surface area contributed by atoms with E-state index >= 15 is 0 Å². The maximum absolute atomic E-state index is 12.5. The van der Waals surface area contributed by atoms with Crippen molar-refractivity contribution in [3.63, 3.8) is 0 Å². The number of sulfone groups is 1. The number of alkyl halides is 2. The zero-order valence-electron chi connectivity index (χ0n) is 15.3. The van der Waals surface area contributed by atoms with Gasteiger partial charge >= 0.3 is 11.7 Å². The van der Waals surface area contributed by atoms with Crippen LogP contribution in [-0.4, -0.2) is 46.9 Å². The van der Waals surface area contributed by atoms with Gasteiger partial charge in [-0.15, -0.1) is 0 Å². The zero-order chi connectivity index (χ0) is 21.6. The van der Waals surface area contributed by atoms with Crippen molar-refractivity contribution in [2.24, 2.45) is 0 Å². The minimum atomic E-state index is -4.72. The minimum Gasteiger partial charge on any atom is -0.497 e. The first-order chi connectivity index (χ1) is 13.7. The van der Waals surface area contributed by atoms with Gasteiger partial charge in [0.15, 0.2) is 6.61 Å². The van der Waals surface area contributed by atoms with Crippen LogP contribution in [0.3, 0.4) is 0 Å². The number of nitrogens with one attached hydrogen (secondary N) is 1. The first-order valence-electron chi connectivity index (χ1n) is 7.99. The van der Waals surface area contributed by atoms with Gasteiger partial charge in [-0.1, -0.05) is 0 Å². The summed E-state index contributed by atoms with van der Waals surface area (Å²) in [6.07, 6.45) is 0. The summed E-state index contributed by atoms with van der Waals surface area (Å²) in [5.41, 5.74) is 0.248. The van der Waals surface area contributed by atoms with Crippen LogP contribution in [0.15, 0.2) is 47.4 Å². The van der Waals surface area contributed by atoms with Crippen molar-refractivity contribution in [3.8, 4) is 11.5 Å². The number of benzene rings is 2. The Morgan fingerprint density at radius 2 is 1.55 bits per heavy atom. The Balaban J connectivity index is 1.97. The molecule has 8 nitrogen and oxygen atoms in total. The van der Waals surface area contributed by atoms with Gasteiger partial charge in [0.25, 0.3) is 5.91 Å². The second-order valence-corrected chi connectivity index (χ2v) is 7.47. The predicted molar refractivity (Wildman–Crippen MR) is 98.1 cm³/mol. The number of anilines is 1. The molecule has 0 saturated carbocycles.